The van der Waals surface area contributed by atoms with Crippen LogP contribution in [0, 0.1) is 17.8 Å². The highest BCUT2D eigenvalue weighted by Crippen LogP contribution is 2.29. The van der Waals surface area contributed by atoms with E-state index in [1.54, 1.807) is 23.8 Å². The molecule has 1 aromatic carbocycles. The summed E-state index contributed by atoms with van der Waals surface area (Å²) in [6.45, 7) is 19.4. The van der Waals surface area contributed by atoms with Crippen LogP contribution in [-0.2, 0) is 44.6 Å². The van der Waals surface area contributed by atoms with Crippen LogP contribution in [0.2, 0.25) is 0 Å². The summed E-state index contributed by atoms with van der Waals surface area (Å²) in [6.07, 6.45) is 2.10. The van der Waals surface area contributed by atoms with E-state index in [2.05, 4.69) is 25.8 Å². The summed E-state index contributed by atoms with van der Waals surface area (Å²) < 4.78 is 17.0. The number of likely N-dealkylation sites (N-methyl/N-ethyl adjacent to an activating group) is 2. The van der Waals surface area contributed by atoms with Gasteiger partial charge in [0.2, 0.25) is 23.6 Å². The summed E-state index contributed by atoms with van der Waals surface area (Å²) in [5, 5.41) is 9.37. The zero-order valence-corrected chi connectivity index (χ0v) is 39.1. The largest absolute Gasteiger partial charge is 0.467 e. The lowest BCUT2D eigenvalue weighted by atomic mass is 9.93. The molecule has 61 heavy (non-hydrogen) atoms. The van der Waals surface area contributed by atoms with Crippen molar-refractivity contribution in [2.24, 2.45) is 17.8 Å². The fraction of sp³-hybridized carbons (Fsp3) is 0.717. The first kappa shape index (κ1) is 51.5. The van der Waals surface area contributed by atoms with Crippen LogP contribution in [0.3, 0.4) is 0 Å². The molecule has 15 heteroatoms. The third-order valence-electron chi connectivity index (χ3n) is 12.6. The molecule has 1 aromatic rings. The third-order valence-corrected chi connectivity index (χ3v) is 12.6. The number of ether oxygens (including phenoxy) is 3. The summed E-state index contributed by atoms with van der Waals surface area (Å²) in [4.78, 5) is 77.2. The molecule has 4 amide bonds. The molecule has 3 N–H and O–H groups in total. The highest BCUT2D eigenvalue weighted by Gasteiger charge is 2.43. The molecule has 2 fully saturated rings. The van der Waals surface area contributed by atoms with E-state index in [9.17, 15) is 24.0 Å². The lowest BCUT2D eigenvalue weighted by molar-refractivity contribution is -0.147. The number of allylic oxidation sites excluding steroid dienone is 1. The number of rotatable bonds is 23. The highest BCUT2D eigenvalue weighted by molar-refractivity contribution is 5.90. The SMILES string of the molecule is C/C=C(/C)[C@@H]([C@@H](CC(=O)N1CCC[C@H]1[C@H](OC)[C@@H](C)C(=O)N[C@@H](Cc1ccccc1)C(=O)OC)OC)N(C)C(=O)[C@@H](NC(=O)[C@H](C(C)C)N(C)CCN1CCNCC1)C(C)C. The number of nitrogens with one attached hydrogen (secondary N) is 3. The van der Waals surface area contributed by atoms with E-state index in [0.29, 0.717) is 13.0 Å². The Hall–Kier alpha value is -3.89. The standard InChI is InChI=1S/C46H77N7O8/c1-13-32(6)41(51(9)45(57)39(30(2)3)49-44(56)40(31(4)5)50(8)26-27-52-24-21-47-22-25-52)37(59-10)29-38(54)53-23-17-20-36(53)42(60-11)33(7)43(55)48-35(46(58)61-12)28-34-18-15-14-16-19-34/h13-16,18-19,30-31,33,35-37,39-42,47H,17,20-29H2,1-12H3,(H,48,55)(H,49,56)/b32-13-/t33-,35+,36+,37-,39+,40+,41+,42-/m1/s1. The quantitative estimate of drug-likeness (QED) is 0.110. The first-order chi connectivity index (χ1) is 29.0. The van der Waals surface area contributed by atoms with Gasteiger partial charge >= 0.3 is 5.97 Å². The maximum atomic E-state index is 14.5. The molecule has 0 radical (unpaired) electrons. The van der Waals surface area contributed by atoms with Crippen molar-refractivity contribution < 1.29 is 38.2 Å². The maximum absolute atomic E-state index is 14.5. The number of esters is 1. The summed E-state index contributed by atoms with van der Waals surface area (Å²) in [5.41, 5.74) is 1.71. The maximum Gasteiger partial charge on any atom is 0.328 e. The van der Waals surface area contributed by atoms with Crippen molar-refractivity contribution >= 4 is 29.6 Å². The van der Waals surface area contributed by atoms with E-state index in [1.165, 1.54) is 21.3 Å². The molecule has 0 bridgehead atoms. The molecule has 0 unspecified atom stereocenters. The molecule has 0 spiro atoms. The van der Waals surface area contributed by atoms with Gasteiger partial charge in [-0.3, -0.25) is 29.0 Å². The van der Waals surface area contributed by atoms with Crippen LogP contribution >= 0.6 is 0 Å². The minimum atomic E-state index is -0.899. The minimum Gasteiger partial charge on any atom is -0.467 e. The molecule has 8 atom stereocenters. The Kier molecular flexibility index (Phi) is 21.3. The molecule has 2 saturated heterocycles. The molecule has 3 rings (SSSR count). The van der Waals surface area contributed by atoms with Crippen molar-refractivity contribution in [3.05, 3.63) is 47.5 Å². The summed E-state index contributed by atoms with van der Waals surface area (Å²) in [6, 6.07) is 6.22. The first-order valence-corrected chi connectivity index (χ1v) is 22.1. The van der Waals surface area contributed by atoms with Crippen molar-refractivity contribution in [2.45, 2.75) is 117 Å². The second-order valence-corrected chi connectivity index (χ2v) is 17.5. The van der Waals surface area contributed by atoms with Gasteiger partial charge in [0.15, 0.2) is 0 Å². The highest BCUT2D eigenvalue weighted by atomic mass is 16.5. The topological polar surface area (TPSA) is 162 Å². The third kappa shape index (κ3) is 14.3. The molecule has 344 valence electrons. The predicted octanol–water partition coefficient (Wildman–Crippen LogP) is 2.73. The van der Waals surface area contributed by atoms with Crippen LogP contribution < -0.4 is 16.0 Å². The van der Waals surface area contributed by atoms with Gasteiger partial charge in [-0.1, -0.05) is 76.6 Å². The number of benzene rings is 1. The Balaban J connectivity index is 1.76. The number of methoxy groups -OCH3 is 3. The van der Waals surface area contributed by atoms with Crippen molar-refractivity contribution in [1.29, 1.82) is 0 Å². The Labute approximate surface area is 365 Å². The van der Waals surface area contributed by atoms with Gasteiger partial charge in [-0.2, -0.15) is 0 Å². The van der Waals surface area contributed by atoms with Crippen LogP contribution in [-0.4, -0.2) is 173 Å². The lowest BCUT2D eigenvalue weighted by Crippen LogP contribution is -2.59. The Morgan fingerprint density at radius 1 is 0.885 bits per heavy atom. The number of carbonyl (C=O) groups excluding carboxylic acids is 5. The van der Waals surface area contributed by atoms with Gasteiger partial charge in [-0.15, -0.1) is 0 Å². The number of hydrogen-bond donors (Lipinski definition) is 3. The van der Waals surface area contributed by atoms with E-state index in [4.69, 9.17) is 14.2 Å². The molecule has 2 heterocycles. The number of hydrogen-bond acceptors (Lipinski definition) is 11. The van der Waals surface area contributed by atoms with Gasteiger partial charge in [0.1, 0.15) is 12.1 Å². The molecular formula is C46H77N7O8. The van der Waals surface area contributed by atoms with Crippen molar-refractivity contribution in [3.8, 4) is 0 Å². The summed E-state index contributed by atoms with van der Waals surface area (Å²) in [7, 11) is 8.03. The second kappa shape index (κ2) is 25.3. The average Bonchev–Trinajstić information content (AvgIpc) is 3.74. The van der Waals surface area contributed by atoms with Crippen molar-refractivity contribution in [3.63, 3.8) is 0 Å². The smallest absolute Gasteiger partial charge is 0.328 e. The van der Waals surface area contributed by atoms with Gasteiger partial charge in [-0.25, -0.2) is 4.79 Å². The Morgan fingerprint density at radius 2 is 1.54 bits per heavy atom. The van der Waals surface area contributed by atoms with E-state index < -0.39 is 54.3 Å². The monoisotopic (exact) mass is 856 g/mol. The van der Waals surface area contributed by atoms with Crippen molar-refractivity contribution in [2.75, 3.05) is 81.2 Å². The second-order valence-electron chi connectivity index (χ2n) is 17.5. The molecule has 15 nitrogen and oxygen atoms in total. The van der Waals surface area contributed by atoms with E-state index in [1.807, 2.05) is 85.0 Å². The normalized spacial score (nSPS) is 19.8. The summed E-state index contributed by atoms with van der Waals surface area (Å²) in [5.74, 6) is -2.51. The van der Waals surface area contributed by atoms with E-state index in [-0.39, 0.29) is 48.3 Å². The summed E-state index contributed by atoms with van der Waals surface area (Å²) >= 11 is 0. The average molecular weight is 856 g/mol. The predicted molar refractivity (Wildman–Crippen MR) is 238 cm³/mol. The molecule has 0 saturated carbocycles. The zero-order chi connectivity index (χ0) is 45.4. The Bertz CT molecular complexity index is 1590. The molecular weight excluding hydrogens is 779 g/mol. The van der Waals surface area contributed by atoms with Crippen LogP contribution in [0.5, 0.6) is 0 Å². The van der Waals surface area contributed by atoms with Gasteiger partial charge < -0.3 is 40.0 Å². The lowest BCUT2D eigenvalue weighted by Gasteiger charge is -2.39. The van der Waals surface area contributed by atoms with Crippen LogP contribution in [0.4, 0.5) is 0 Å². The fourth-order valence-electron chi connectivity index (χ4n) is 8.90. The van der Waals surface area contributed by atoms with Gasteiger partial charge in [0.05, 0.1) is 49.8 Å². The molecule has 2 aliphatic heterocycles. The fourth-order valence-corrected chi connectivity index (χ4v) is 8.90. The molecule has 2 aliphatic rings. The van der Waals surface area contributed by atoms with Gasteiger partial charge in [0, 0.05) is 73.5 Å². The number of amides is 4. The number of nitrogens with zero attached hydrogens (tertiary/aromatic N) is 4. The number of likely N-dealkylation sites (tertiary alicyclic amines) is 1. The number of carbonyl (C=O) groups is 5. The van der Waals surface area contributed by atoms with Crippen LogP contribution in [0.15, 0.2) is 42.0 Å². The number of piperazine rings is 1. The zero-order valence-electron chi connectivity index (χ0n) is 39.1. The van der Waals surface area contributed by atoms with E-state index in [0.717, 1.165) is 56.8 Å². The molecule has 0 aliphatic carbocycles. The van der Waals surface area contributed by atoms with E-state index >= 15 is 0 Å². The Morgan fingerprint density at radius 3 is 2.10 bits per heavy atom. The van der Waals surface area contributed by atoms with Crippen LogP contribution in [0.1, 0.15) is 73.3 Å². The molecule has 0 aromatic heterocycles. The minimum absolute atomic E-state index is 0.0106. The van der Waals surface area contributed by atoms with Gasteiger partial charge in [-0.05, 0) is 51.1 Å². The van der Waals surface area contributed by atoms with Gasteiger partial charge in [0.25, 0.3) is 0 Å². The van der Waals surface area contributed by atoms with Crippen LogP contribution in [0.25, 0.3) is 0 Å². The van der Waals surface area contributed by atoms with Crippen molar-refractivity contribution in [1.82, 2.24) is 35.6 Å². The first-order valence-electron chi connectivity index (χ1n) is 22.1.